The Morgan fingerprint density at radius 2 is 1.92 bits per heavy atom. The largest absolute Gasteiger partial charge is 0.398 e. The molecule has 0 unspecified atom stereocenters. The van der Waals surface area contributed by atoms with Crippen LogP contribution in [0.5, 0.6) is 0 Å². The first-order chi connectivity index (χ1) is 5.70. The van der Waals surface area contributed by atoms with Gasteiger partial charge in [0.2, 0.25) is 0 Å². The second kappa shape index (κ2) is 3.85. The van der Waals surface area contributed by atoms with Crippen LogP contribution in [0.4, 0.5) is 5.69 Å². The lowest BCUT2D eigenvalue weighted by Crippen LogP contribution is -1.99. The van der Waals surface area contributed by atoms with E-state index in [0.29, 0.717) is 0 Å². The van der Waals surface area contributed by atoms with Crippen LogP contribution in [0.3, 0.4) is 0 Å². The molecule has 1 rings (SSSR count). The van der Waals surface area contributed by atoms with E-state index in [2.05, 4.69) is 32.5 Å². The smallest absolute Gasteiger partial charge is 0.0484 e. The number of nitrogen functional groups attached to an aromatic ring is 1. The summed E-state index contributed by atoms with van der Waals surface area (Å²) in [7, 11) is 0. The van der Waals surface area contributed by atoms with Gasteiger partial charge in [0.15, 0.2) is 0 Å². The van der Waals surface area contributed by atoms with Crippen LogP contribution in [-0.2, 0) is 12.8 Å². The van der Waals surface area contributed by atoms with Crippen LogP contribution in [0.1, 0.15) is 25.0 Å². The van der Waals surface area contributed by atoms with Gasteiger partial charge >= 0.3 is 0 Å². The van der Waals surface area contributed by atoms with Crippen molar-refractivity contribution in [2.75, 3.05) is 5.73 Å². The minimum atomic E-state index is 0.847. The minimum absolute atomic E-state index is 0.847. The third-order valence-corrected chi connectivity index (χ3v) is 2.56. The Hall–Kier alpha value is -0.630. The van der Waals surface area contributed by atoms with E-state index < -0.39 is 0 Å². The van der Waals surface area contributed by atoms with E-state index in [9.17, 15) is 0 Å². The molecule has 0 aliphatic rings. The summed E-state index contributed by atoms with van der Waals surface area (Å²) in [5.41, 5.74) is 9.34. The van der Waals surface area contributed by atoms with Gasteiger partial charge in [-0.25, -0.2) is 0 Å². The van der Waals surface area contributed by atoms with Crippen LogP contribution < -0.4 is 5.73 Å². The highest BCUT2D eigenvalue weighted by molar-refractivity contribution is 7.80. The molecule has 0 bridgehead atoms. The molecular weight excluding hydrogens is 166 g/mol. The summed E-state index contributed by atoms with van der Waals surface area (Å²) in [6, 6.07) is 4.08. The van der Waals surface area contributed by atoms with Crippen LogP contribution in [0, 0.1) is 0 Å². The number of benzene rings is 1. The molecule has 1 aromatic carbocycles. The highest BCUT2D eigenvalue weighted by atomic mass is 32.1. The molecule has 66 valence electrons. The Kier molecular flexibility index (Phi) is 3.04. The summed E-state index contributed by atoms with van der Waals surface area (Å²) < 4.78 is 0. The van der Waals surface area contributed by atoms with Crippen LogP contribution in [0.15, 0.2) is 17.0 Å². The Bertz CT molecular complexity index is 281. The number of anilines is 1. The topological polar surface area (TPSA) is 26.0 Å². The predicted octanol–water partition coefficient (Wildman–Crippen LogP) is 2.68. The third-order valence-electron chi connectivity index (χ3n) is 2.17. The molecule has 2 N–H and O–H groups in total. The second-order valence-corrected chi connectivity index (χ2v) is 3.32. The molecule has 1 aromatic rings. The first kappa shape index (κ1) is 9.46. The minimum Gasteiger partial charge on any atom is -0.398 e. The van der Waals surface area contributed by atoms with Crippen molar-refractivity contribution in [3.8, 4) is 0 Å². The Labute approximate surface area is 79.4 Å². The van der Waals surface area contributed by atoms with Gasteiger partial charge in [0, 0.05) is 10.6 Å². The predicted molar refractivity (Wildman–Crippen MR) is 56.9 cm³/mol. The van der Waals surface area contributed by atoms with E-state index in [-0.39, 0.29) is 0 Å². The van der Waals surface area contributed by atoms with Crippen molar-refractivity contribution >= 4 is 18.3 Å². The molecule has 0 fully saturated rings. The maximum absolute atomic E-state index is 5.89. The maximum atomic E-state index is 5.89. The van der Waals surface area contributed by atoms with E-state index >= 15 is 0 Å². The van der Waals surface area contributed by atoms with Crippen LogP contribution in [-0.4, -0.2) is 0 Å². The van der Waals surface area contributed by atoms with E-state index in [1.165, 1.54) is 11.1 Å². The van der Waals surface area contributed by atoms with E-state index in [0.717, 1.165) is 23.4 Å². The number of thiol groups is 1. The molecule has 2 heteroatoms. The maximum Gasteiger partial charge on any atom is 0.0484 e. The average Bonchev–Trinajstić information content (AvgIpc) is 2.09. The third kappa shape index (κ3) is 1.58. The Balaban J connectivity index is 3.25. The SMILES string of the molecule is CCc1ccc(S)c(N)c1CC. The summed E-state index contributed by atoms with van der Waals surface area (Å²) in [5, 5.41) is 0. The van der Waals surface area contributed by atoms with Crippen molar-refractivity contribution in [2.45, 2.75) is 31.6 Å². The summed E-state index contributed by atoms with van der Waals surface area (Å²) in [5.74, 6) is 0. The van der Waals surface area contributed by atoms with Gasteiger partial charge in [-0.2, -0.15) is 0 Å². The normalized spacial score (nSPS) is 10.2. The molecule has 1 nitrogen and oxygen atoms in total. The van der Waals surface area contributed by atoms with E-state index in [1.54, 1.807) is 0 Å². The highest BCUT2D eigenvalue weighted by Crippen LogP contribution is 2.25. The summed E-state index contributed by atoms with van der Waals surface area (Å²) in [4.78, 5) is 0.893. The fraction of sp³-hybridized carbons (Fsp3) is 0.400. The molecule has 0 aliphatic heterocycles. The van der Waals surface area contributed by atoms with Gasteiger partial charge < -0.3 is 5.73 Å². The van der Waals surface area contributed by atoms with Crippen molar-refractivity contribution < 1.29 is 0 Å². The number of aryl methyl sites for hydroxylation is 1. The summed E-state index contributed by atoms with van der Waals surface area (Å²) >= 11 is 4.28. The number of nitrogens with two attached hydrogens (primary N) is 1. The fourth-order valence-corrected chi connectivity index (χ4v) is 1.66. The zero-order chi connectivity index (χ0) is 9.14. The molecule has 0 radical (unpaired) electrons. The fourth-order valence-electron chi connectivity index (χ4n) is 1.45. The van der Waals surface area contributed by atoms with Gasteiger partial charge in [0.25, 0.3) is 0 Å². The summed E-state index contributed by atoms with van der Waals surface area (Å²) in [6.07, 6.45) is 2.03. The number of hydrogen-bond acceptors (Lipinski definition) is 2. The van der Waals surface area contributed by atoms with Crippen molar-refractivity contribution in [2.24, 2.45) is 0 Å². The van der Waals surface area contributed by atoms with E-state index in [4.69, 9.17) is 5.73 Å². The molecule has 0 heterocycles. The Morgan fingerprint density at radius 3 is 2.42 bits per heavy atom. The van der Waals surface area contributed by atoms with Crippen molar-refractivity contribution in [3.05, 3.63) is 23.3 Å². The van der Waals surface area contributed by atoms with Crippen molar-refractivity contribution in [3.63, 3.8) is 0 Å². The number of hydrogen-bond donors (Lipinski definition) is 2. The zero-order valence-electron chi connectivity index (χ0n) is 7.59. The van der Waals surface area contributed by atoms with Crippen LogP contribution in [0.25, 0.3) is 0 Å². The lowest BCUT2D eigenvalue weighted by atomic mass is 10.0. The molecule has 0 spiro atoms. The van der Waals surface area contributed by atoms with Gasteiger partial charge in [-0.05, 0) is 30.0 Å². The molecule has 12 heavy (non-hydrogen) atoms. The summed E-state index contributed by atoms with van der Waals surface area (Å²) in [6.45, 7) is 4.27. The van der Waals surface area contributed by atoms with Crippen molar-refractivity contribution in [1.29, 1.82) is 0 Å². The molecular formula is C10H15NS. The zero-order valence-corrected chi connectivity index (χ0v) is 8.49. The van der Waals surface area contributed by atoms with Crippen LogP contribution in [0.2, 0.25) is 0 Å². The first-order valence-electron chi connectivity index (χ1n) is 4.29. The van der Waals surface area contributed by atoms with Gasteiger partial charge in [-0.3, -0.25) is 0 Å². The number of rotatable bonds is 2. The molecule has 0 saturated carbocycles. The quantitative estimate of drug-likeness (QED) is 0.532. The van der Waals surface area contributed by atoms with Gasteiger partial charge in [-0.1, -0.05) is 19.9 Å². The first-order valence-corrected chi connectivity index (χ1v) is 4.74. The van der Waals surface area contributed by atoms with Gasteiger partial charge in [0.05, 0.1) is 0 Å². The highest BCUT2D eigenvalue weighted by Gasteiger charge is 2.04. The molecule has 0 saturated heterocycles. The Morgan fingerprint density at radius 1 is 1.25 bits per heavy atom. The average molecular weight is 181 g/mol. The van der Waals surface area contributed by atoms with E-state index in [1.807, 2.05) is 6.07 Å². The van der Waals surface area contributed by atoms with Gasteiger partial charge in [0.1, 0.15) is 0 Å². The lowest BCUT2D eigenvalue weighted by Gasteiger charge is -2.10. The van der Waals surface area contributed by atoms with Gasteiger partial charge in [-0.15, -0.1) is 12.6 Å². The van der Waals surface area contributed by atoms with Crippen LogP contribution >= 0.6 is 12.6 Å². The monoisotopic (exact) mass is 181 g/mol. The molecule has 0 aliphatic carbocycles. The molecule has 0 atom stereocenters. The lowest BCUT2D eigenvalue weighted by molar-refractivity contribution is 1.03. The standard InChI is InChI=1S/C10H15NS/c1-3-7-5-6-9(12)10(11)8(7)4-2/h5-6,12H,3-4,11H2,1-2H3. The molecule has 0 aromatic heterocycles. The van der Waals surface area contributed by atoms with Crippen molar-refractivity contribution in [1.82, 2.24) is 0 Å². The second-order valence-electron chi connectivity index (χ2n) is 2.84. The molecule has 0 amide bonds.